The average molecular weight is 361 g/mol. The van der Waals surface area contributed by atoms with Gasteiger partial charge in [0.15, 0.2) is 5.75 Å². The van der Waals surface area contributed by atoms with E-state index in [0.29, 0.717) is 30.8 Å². The SMILES string of the molecule is COCCCOc1cc(CC(N)C(C)C)c(Br)nc1OC. The predicted molar refractivity (Wildman–Crippen MR) is 87.0 cm³/mol. The molecule has 0 bridgehead atoms. The molecule has 0 spiro atoms. The summed E-state index contributed by atoms with van der Waals surface area (Å²) in [5.41, 5.74) is 7.17. The van der Waals surface area contributed by atoms with E-state index in [0.717, 1.165) is 23.0 Å². The molecule has 1 aromatic rings. The van der Waals surface area contributed by atoms with Gasteiger partial charge in [-0.15, -0.1) is 0 Å². The van der Waals surface area contributed by atoms with Gasteiger partial charge in [-0.05, 0) is 39.9 Å². The van der Waals surface area contributed by atoms with Gasteiger partial charge in [0.05, 0.1) is 13.7 Å². The number of methoxy groups -OCH3 is 2. The van der Waals surface area contributed by atoms with E-state index in [9.17, 15) is 0 Å². The van der Waals surface area contributed by atoms with E-state index in [2.05, 4.69) is 34.8 Å². The van der Waals surface area contributed by atoms with Crippen LogP contribution in [0.2, 0.25) is 0 Å². The van der Waals surface area contributed by atoms with E-state index >= 15 is 0 Å². The smallest absolute Gasteiger partial charge is 0.257 e. The first kappa shape index (κ1) is 18.2. The van der Waals surface area contributed by atoms with Gasteiger partial charge in [0.1, 0.15) is 4.60 Å². The zero-order valence-electron chi connectivity index (χ0n) is 13.2. The van der Waals surface area contributed by atoms with Crippen molar-refractivity contribution in [2.75, 3.05) is 27.4 Å². The number of pyridine rings is 1. The van der Waals surface area contributed by atoms with Crippen LogP contribution in [0.25, 0.3) is 0 Å². The van der Waals surface area contributed by atoms with Crippen LogP contribution in [-0.2, 0) is 11.2 Å². The second kappa shape index (κ2) is 9.23. The minimum Gasteiger partial charge on any atom is -0.488 e. The number of ether oxygens (including phenoxy) is 3. The van der Waals surface area contributed by atoms with Crippen molar-refractivity contribution in [3.63, 3.8) is 0 Å². The highest BCUT2D eigenvalue weighted by molar-refractivity contribution is 9.10. The number of hydrogen-bond donors (Lipinski definition) is 1. The second-order valence-electron chi connectivity index (χ2n) is 5.25. The third-order valence-corrected chi connectivity index (χ3v) is 3.92. The molecule has 2 N–H and O–H groups in total. The van der Waals surface area contributed by atoms with Crippen LogP contribution < -0.4 is 15.2 Å². The molecule has 0 fully saturated rings. The van der Waals surface area contributed by atoms with Gasteiger partial charge >= 0.3 is 0 Å². The quantitative estimate of drug-likeness (QED) is 0.541. The van der Waals surface area contributed by atoms with Crippen LogP contribution >= 0.6 is 15.9 Å². The molecule has 1 unspecified atom stereocenters. The Hall–Kier alpha value is -0.850. The number of nitrogens with two attached hydrogens (primary N) is 1. The third-order valence-electron chi connectivity index (χ3n) is 3.24. The minimum atomic E-state index is 0.0813. The Balaban J connectivity index is 2.84. The molecule has 1 rings (SSSR count). The summed E-state index contributed by atoms with van der Waals surface area (Å²) in [7, 11) is 3.25. The first-order valence-electron chi connectivity index (χ1n) is 7.10. The van der Waals surface area contributed by atoms with Gasteiger partial charge in [0.2, 0.25) is 0 Å². The first-order valence-corrected chi connectivity index (χ1v) is 7.89. The van der Waals surface area contributed by atoms with Crippen LogP contribution in [0.5, 0.6) is 11.6 Å². The predicted octanol–water partition coefficient (Wildman–Crippen LogP) is 2.79. The van der Waals surface area contributed by atoms with Crippen LogP contribution in [0.15, 0.2) is 10.7 Å². The normalized spacial score (nSPS) is 12.5. The van der Waals surface area contributed by atoms with Crippen molar-refractivity contribution in [1.29, 1.82) is 0 Å². The van der Waals surface area contributed by atoms with Crippen molar-refractivity contribution in [3.8, 4) is 11.6 Å². The van der Waals surface area contributed by atoms with E-state index in [-0.39, 0.29) is 6.04 Å². The molecule has 1 atom stereocenters. The highest BCUT2D eigenvalue weighted by atomic mass is 79.9. The van der Waals surface area contributed by atoms with E-state index in [4.69, 9.17) is 19.9 Å². The molecule has 21 heavy (non-hydrogen) atoms. The lowest BCUT2D eigenvalue weighted by atomic mass is 9.98. The first-order chi connectivity index (χ1) is 9.99. The van der Waals surface area contributed by atoms with Crippen molar-refractivity contribution in [3.05, 3.63) is 16.2 Å². The molecule has 0 amide bonds. The van der Waals surface area contributed by atoms with Gasteiger partial charge in [0, 0.05) is 26.2 Å². The van der Waals surface area contributed by atoms with Gasteiger partial charge in [-0.1, -0.05) is 13.8 Å². The van der Waals surface area contributed by atoms with Gasteiger partial charge in [-0.3, -0.25) is 0 Å². The monoisotopic (exact) mass is 360 g/mol. The number of rotatable bonds is 9. The fourth-order valence-electron chi connectivity index (χ4n) is 1.76. The number of aromatic nitrogens is 1. The lowest BCUT2D eigenvalue weighted by Crippen LogP contribution is -2.29. The van der Waals surface area contributed by atoms with Crippen LogP contribution in [0.3, 0.4) is 0 Å². The lowest BCUT2D eigenvalue weighted by Gasteiger charge is -2.18. The Bertz CT molecular complexity index is 441. The number of halogens is 1. The highest BCUT2D eigenvalue weighted by Gasteiger charge is 2.16. The Morgan fingerprint density at radius 2 is 2.00 bits per heavy atom. The lowest BCUT2D eigenvalue weighted by molar-refractivity contribution is 0.170. The standard InChI is InChI=1S/C15H25BrN2O3/c1-10(2)12(17)8-11-9-13(21-7-5-6-19-3)15(20-4)18-14(11)16/h9-10,12H,5-8,17H2,1-4H3. The molecule has 0 aromatic carbocycles. The summed E-state index contributed by atoms with van der Waals surface area (Å²) < 4.78 is 16.8. The largest absolute Gasteiger partial charge is 0.488 e. The summed E-state index contributed by atoms with van der Waals surface area (Å²) in [4.78, 5) is 4.39. The van der Waals surface area contributed by atoms with Crippen LogP contribution in [0.4, 0.5) is 0 Å². The van der Waals surface area contributed by atoms with Gasteiger partial charge < -0.3 is 19.9 Å². The Morgan fingerprint density at radius 1 is 1.29 bits per heavy atom. The molecule has 0 aliphatic carbocycles. The Morgan fingerprint density at radius 3 is 2.57 bits per heavy atom. The second-order valence-corrected chi connectivity index (χ2v) is 6.00. The summed E-state index contributed by atoms with van der Waals surface area (Å²) in [5, 5.41) is 0. The molecule has 5 nitrogen and oxygen atoms in total. The fourth-order valence-corrected chi connectivity index (χ4v) is 2.20. The summed E-state index contributed by atoms with van der Waals surface area (Å²) >= 11 is 3.47. The summed E-state index contributed by atoms with van der Waals surface area (Å²) in [6.45, 7) is 5.44. The molecule has 1 aromatic heterocycles. The van der Waals surface area contributed by atoms with Crippen molar-refractivity contribution in [2.24, 2.45) is 11.7 Å². The van der Waals surface area contributed by atoms with E-state index < -0.39 is 0 Å². The van der Waals surface area contributed by atoms with E-state index in [1.165, 1.54) is 0 Å². The molecule has 120 valence electrons. The molecule has 6 heteroatoms. The Labute approximate surface area is 135 Å². The maximum Gasteiger partial charge on any atom is 0.257 e. The van der Waals surface area contributed by atoms with Crippen molar-refractivity contribution < 1.29 is 14.2 Å². The van der Waals surface area contributed by atoms with Gasteiger partial charge in [-0.25, -0.2) is 4.98 Å². The summed E-state index contributed by atoms with van der Waals surface area (Å²) in [6.07, 6.45) is 1.56. The van der Waals surface area contributed by atoms with E-state index in [1.54, 1.807) is 14.2 Å². The van der Waals surface area contributed by atoms with E-state index in [1.807, 2.05) is 6.07 Å². The highest BCUT2D eigenvalue weighted by Crippen LogP contribution is 2.31. The van der Waals surface area contributed by atoms with Crippen LogP contribution in [0.1, 0.15) is 25.8 Å². The molecule has 0 aliphatic rings. The molecular formula is C15H25BrN2O3. The average Bonchev–Trinajstić information content (AvgIpc) is 2.46. The zero-order valence-corrected chi connectivity index (χ0v) is 14.8. The number of nitrogens with zero attached hydrogens (tertiary/aromatic N) is 1. The molecule has 0 saturated carbocycles. The van der Waals surface area contributed by atoms with Gasteiger partial charge in [-0.2, -0.15) is 0 Å². The fraction of sp³-hybridized carbons (Fsp3) is 0.667. The maximum atomic E-state index is 6.14. The number of hydrogen-bond acceptors (Lipinski definition) is 5. The zero-order chi connectivity index (χ0) is 15.8. The van der Waals surface area contributed by atoms with Gasteiger partial charge in [0.25, 0.3) is 5.88 Å². The van der Waals surface area contributed by atoms with Crippen molar-refractivity contribution >= 4 is 15.9 Å². The molecular weight excluding hydrogens is 336 g/mol. The van der Waals surface area contributed by atoms with Crippen LogP contribution in [-0.4, -0.2) is 38.5 Å². The van der Waals surface area contributed by atoms with Crippen LogP contribution in [0, 0.1) is 5.92 Å². The molecule has 1 heterocycles. The molecule has 0 aliphatic heterocycles. The topological polar surface area (TPSA) is 66.6 Å². The summed E-state index contributed by atoms with van der Waals surface area (Å²) in [5.74, 6) is 1.52. The maximum absolute atomic E-state index is 6.14. The Kier molecular flexibility index (Phi) is 8.00. The molecule has 0 saturated heterocycles. The minimum absolute atomic E-state index is 0.0813. The summed E-state index contributed by atoms with van der Waals surface area (Å²) in [6, 6.07) is 2.03. The van der Waals surface area contributed by atoms with Crippen molar-refractivity contribution in [1.82, 2.24) is 4.98 Å². The molecule has 0 radical (unpaired) electrons. The van der Waals surface area contributed by atoms with Crippen molar-refractivity contribution in [2.45, 2.75) is 32.7 Å². The third kappa shape index (κ3) is 5.80.